The minimum Gasteiger partial charge on any atom is -0.339 e. The second kappa shape index (κ2) is 10.9. The highest BCUT2D eigenvalue weighted by molar-refractivity contribution is 7.16. The molecule has 1 N–H and O–H groups in total. The average molecular weight is 619 g/mol. The number of carbonyl (C=O) groups is 1. The molecule has 2 fully saturated rings. The summed E-state index contributed by atoms with van der Waals surface area (Å²) in [4.78, 5) is 35.6. The largest absolute Gasteiger partial charge is 0.339 e. The Morgan fingerprint density at radius 2 is 1.80 bits per heavy atom. The number of nitrogens with zero attached hydrogens (tertiary/aromatic N) is 9. The number of anilines is 3. The van der Waals surface area contributed by atoms with Crippen molar-refractivity contribution in [3.63, 3.8) is 0 Å². The Morgan fingerprint density at radius 3 is 2.44 bits per heavy atom. The van der Waals surface area contributed by atoms with E-state index in [0.717, 1.165) is 28.3 Å². The first-order valence-corrected chi connectivity index (χ1v) is 15.4. The number of fused-ring (bicyclic) bond motifs is 1. The summed E-state index contributed by atoms with van der Waals surface area (Å²) in [7, 11) is 1.90. The van der Waals surface area contributed by atoms with Crippen molar-refractivity contribution in [2.24, 2.45) is 5.92 Å². The number of nitriles is 2. The lowest BCUT2D eigenvalue weighted by Gasteiger charge is -2.38. The molecule has 7 rings (SSSR count). The van der Waals surface area contributed by atoms with Crippen LogP contribution in [-0.2, 0) is 11.2 Å². The highest BCUT2D eigenvalue weighted by Crippen LogP contribution is 2.38. The van der Waals surface area contributed by atoms with Gasteiger partial charge in [-0.3, -0.25) is 9.20 Å². The summed E-state index contributed by atoms with van der Waals surface area (Å²) in [6.07, 6.45) is 7.62. The Bertz CT molecular complexity index is 2010. The molecule has 0 bridgehead atoms. The molecular weight excluding hydrogens is 591 g/mol. The molecule has 0 spiro atoms. The maximum Gasteiger partial charge on any atom is 0.227 e. The zero-order chi connectivity index (χ0) is 31.3. The molecule has 1 saturated heterocycles. The third-order valence-corrected chi connectivity index (χ3v) is 9.31. The molecule has 45 heavy (non-hydrogen) atoms. The van der Waals surface area contributed by atoms with E-state index in [-0.39, 0.29) is 17.6 Å². The number of amides is 1. The van der Waals surface area contributed by atoms with E-state index in [4.69, 9.17) is 9.97 Å². The van der Waals surface area contributed by atoms with Gasteiger partial charge in [0.2, 0.25) is 11.9 Å². The first-order chi connectivity index (χ1) is 21.8. The van der Waals surface area contributed by atoms with Crippen molar-refractivity contribution in [1.29, 1.82) is 10.5 Å². The number of imidazole rings is 1. The van der Waals surface area contributed by atoms with Gasteiger partial charge in [0.25, 0.3) is 0 Å². The third-order valence-electron chi connectivity index (χ3n) is 8.27. The number of pyridine rings is 1. The van der Waals surface area contributed by atoms with Crippen LogP contribution < -0.4 is 15.1 Å². The summed E-state index contributed by atoms with van der Waals surface area (Å²) >= 11 is 1.27. The molecular formula is C32H27FN10OS. The number of nitrogens with one attached hydrogen (secondary N) is 1. The van der Waals surface area contributed by atoms with Gasteiger partial charge in [0.05, 0.1) is 17.7 Å². The number of hydrogen-bond acceptors (Lipinski definition) is 10. The van der Waals surface area contributed by atoms with Gasteiger partial charge < -0.3 is 15.1 Å². The molecule has 1 aliphatic carbocycles. The number of benzene rings is 1. The highest BCUT2D eigenvalue weighted by Gasteiger charge is 2.47. The highest BCUT2D eigenvalue weighted by atomic mass is 32.1. The van der Waals surface area contributed by atoms with Crippen molar-refractivity contribution in [3.05, 3.63) is 71.4 Å². The zero-order valence-electron chi connectivity index (χ0n) is 24.5. The average Bonchev–Trinajstić information content (AvgIpc) is 3.50. The molecule has 2 aliphatic rings. The van der Waals surface area contributed by atoms with Gasteiger partial charge in [-0.2, -0.15) is 10.5 Å². The fraction of sp³-hybridized carbons (Fsp3) is 0.281. The van der Waals surface area contributed by atoms with Crippen LogP contribution in [-0.4, -0.2) is 55.9 Å². The van der Waals surface area contributed by atoms with Crippen LogP contribution >= 0.6 is 11.3 Å². The maximum atomic E-state index is 13.5. The van der Waals surface area contributed by atoms with Gasteiger partial charge in [0, 0.05) is 55.4 Å². The minimum atomic E-state index is -0.661. The number of carbonyl (C=O) groups excluding carboxylic acids is 1. The molecule has 1 aromatic carbocycles. The monoisotopic (exact) mass is 618 g/mol. The van der Waals surface area contributed by atoms with Crippen molar-refractivity contribution in [1.82, 2.24) is 29.7 Å². The van der Waals surface area contributed by atoms with Crippen LogP contribution in [0.4, 0.5) is 21.3 Å². The van der Waals surface area contributed by atoms with E-state index in [1.807, 2.05) is 46.5 Å². The van der Waals surface area contributed by atoms with Gasteiger partial charge >= 0.3 is 0 Å². The molecule has 0 unspecified atom stereocenters. The van der Waals surface area contributed by atoms with Crippen molar-refractivity contribution < 1.29 is 9.18 Å². The van der Waals surface area contributed by atoms with E-state index in [2.05, 4.69) is 27.4 Å². The second-order valence-corrected chi connectivity index (χ2v) is 12.3. The number of rotatable bonds is 8. The Hall–Kier alpha value is -5.40. The van der Waals surface area contributed by atoms with Crippen LogP contribution in [0.5, 0.6) is 0 Å². The number of halogens is 1. The molecule has 4 aromatic heterocycles. The van der Waals surface area contributed by atoms with E-state index in [1.54, 1.807) is 24.5 Å². The predicted molar refractivity (Wildman–Crippen MR) is 167 cm³/mol. The van der Waals surface area contributed by atoms with Crippen LogP contribution in [0.15, 0.2) is 55.0 Å². The van der Waals surface area contributed by atoms with Crippen LogP contribution in [0, 0.1) is 34.4 Å². The topological polar surface area (TPSA) is 139 Å². The molecule has 224 valence electrons. The summed E-state index contributed by atoms with van der Waals surface area (Å²) < 4.78 is 15.5. The van der Waals surface area contributed by atoms with E-state index in [0.29, 0.717) is 59.6 Å². The van der Waals surface area contributed by atoms with Gasteiger partial charge in [-0.15, -0.1) is 0 Å². The Labute approximate surface area is 262 Å². The maximum absolute atomic E-state index is 13.5. The Balaban J connectivity index is 1.13. The first-order valence-electron chi connectivity index (χ1n) is 14.5. The zero-order valence-corrected chi connectivity index (χ0v) is 25.3. The minimum absolute atomic E-state index is 0.0870. The standard InChI is InChI=1S/C32H27FN10OS/c1-3-24-29(41(2)31-39-27(25(12-34)45-31)19-4-7-23(33)8-5-19)43-17-20(6-9-26(43)38-24)21-13-36-30(37-14-21)42-15-22(16-42)28(44)40-32(18-35)10-11-32/h4-9,13-14,17,22H,3,10-11,15-16H2,1-2H3,(H,40,44). The van der Waals surface area contributed by atoms with Crippen molar-refractivity contribution in [2.75, 3.05) is 29.9 Å². The smallest absolute Gasteiger partial charge is 0.227 e. The molecule has 5 heterocycles. The number of thiazole rings is 1. The van der Waals surface area contributed by atoms with Crippen LogP contribution in [0.25, 0.3) is 28.0 Å². The molecule has 11 nitrogen and oxygen atoms in total. The van der Waals surface area contributed by atoms with Crippen LogP contribution in [0.1, 0.15) is 30.3 Å². The summed E-state index contributed by atoms with van der Waals surface area (Å²) in [5, 5.41) is 22.5. The molecule has 0 atom stereocenters. The fourth-order valence-corrected chi connectivity index (χ4v) is 6.28. The first kappa shape index (κ1) is 28.4. The van der Waals surface area contributed by atoms with Gasteiger partial charge in [-0.05, 0) is 55.7 Å². The number of aromatic nitrogens is 5. The molecule has 1 aliphatic heterocycles. The summed E-state index contributed by atoms with van der Waals surface area (Å²) in [5.41, 5.74) is 3.87. The second-order valence-electron chi connectivity index (χ2n) is 11.3. The lowest BCUT2D eigenvalue weighted by atomic mass is 9.99. The lowest BCUT2D eigenvalue weighted by Crippen LogP contribution is -2.56. The van der Waals surface area contributed by atoms with E-state index in [9.17, 15) is 19.7 Å². The fourth-order valence-electron chi connectivity index (χ4n) is 5.44. The van der Waals surface area contributed by atoms with Crippen molar-refractivity contribution in [2.45, 2.75) is 31.7 Å². The van der Waals surface area contributed by atoms with E-state index < -0.39 is 5.54 Å². The van der Waals surface area contributed by atoms with Gasteiger partial charge in [-0.25, -0.2) is 24.3 Å². The molecule has 5 aromatic rings. The number of aryl methyl sites for hydroxylation is 1. The molecule has 13 heteroatoms. The molecule has 1 amide bonds. The number of hydrogen-bond donors (Lipinski definition) is 1. The van der Waals surface area contributed by atoms with E-state index in [1.165, 1.54) is 23.5 Å². The summed E-state index contributed by atoms with van der Waals surface area (Å²) in [6.45, 7) is 3.06. The SMILES string of the molecule is CCc1nc2ccc(-c3cnc(N4CC(C(=O)NC5(C#N)CC5)C4)nc3)cn2c1N(C)c1nc(-c2ccc(F)cc2)c(C#N)s1. The van der Waals surface area contributed by atoms with Gasteiger partial charge in [0.15, 0.2) is 5.13 Å². The van der Waals surface area contributed by atoms with Crippen molar-refractivity contribution >= 4 is 39.8 Å². The lowest BCUT2D eigenvalue weighted by molar-refractivity contribution is -0.126. The molecule has 0 radical (unpaired) electrons. The third kappa shape index (κ3) is 5.11. The van der Waals surface area contributed by atoms with E-state index >= 15 is 0 Å². The van der Waals surface area contributed by atoms with Crippen LogP contribution in [0.3, 0.4) is 0 Å². The molecule has 1 saturated carbocycles. The summed E-state index contributed by atoms with van der Waals surface area (Å²) in [6, 6.07) is 14.3. The summed E-state index contributed by atoms with van der Waals surface area (Å²) in [5.74, 6) is 0.758. The van der Waals surface area contributed by atoms with Crippen molar-refractivity contribution in [3.8, 4) is 34.5 Å². The predicted octanol–water partition coefficient (Wildman–Crippen LogP) is 4.86. The normalized spacial score (nSPS) is 15.3. The van der Waals surface area contributed by atoms with Crippen LogP contribution in [0.2, 0.25) is 0 Å². The Kier molecular flexibility index (Phi) is 6.90. The Morgan fingerprint density at radius 1 is 1.09 bits per heavy atom. The van der Waals surface area contributed by atoms with Gasteiger partial charge in [-0.1, -0.05) is 18.3 Å². The van der Waals surface area contributed by atoms with Gasteiger partial charge in [0.1, 0.15) is 39.5 Å². The quantitative estimate of drug-likeness (QED) is 0.258.